The molecule has 8 heteroatoms. The number of para-hydroxylation sites is 1. The van der Waals surface area contributed by atoms with Gasteiger partial charge in [-0.3, -0.25) is 19.3 Å². The third-order valence-electron chi connectivity index (χ3n) is 4.27. The van der Waals surface area contributed by atoms with Gasteiger partial charge in [0.2, 0.25) is 11.8 Å². The van der Waals surface area contributed by atoms with Crippen molar-refractivity contribution in [3.63, 3.8) is 0 Å². The highest BCUT2D eigenvalue weighted by Gasteiger charge is 2.15. The van der Waals surface area contributed by atoms with Crippen LogP contribution >= 0.6 is 0 Å². The molecule has 0 heterocycles. The molecule has 31 heavy (non-hydrogen) atoms. The van der Waals surface area contributed by atoms with Crippen molar-refractivity contribution in [2.75, 3.05) is 43.9 Å². The first-order chi connectivity index (χ1) is 14.9. The number of benzene rings is 2. The van der Waals surface area contributed by atoms with Gasteiger partial charge in [-0.25, -0.2) is 0 Å². The molecule has 2 aromatic rings. The Balaban J connectivity index is 1.96. The summed E-state index contributed by atoms with van der Waals surface area (Å²) in [6.07, 6.45) is 0.853. The molecule has 3 N–H and O–H groups in total. The minimum absolute atomic E-state index is 0.0222. The van der Waals surface area contributed by atoms with Gasteiger partial charge in [-0.15, -0.1) is 0 Å². The van der Waals surface area contributed by atoms with Crippen LogP contribution in [0.5, 0.6) is 5.75 Å². The van der Waals surface area contributed by atoms with E-state index >= 15 is 0 Å². The lowest BCUT2D eigenvalue weighted by molar-refractivity contribution is -0.122. The van der Waals surface area contributed by atoms with Crippen LogP contribution in [0.15, 0.2) is 48.5 Å². The second-order valence-corrected chi connectivity index (χ2v) is 7.03. The largest absolute Gasteiger partial charge is 0.494 e. The van der Waals surface area contributed by atoms with Gasteiger partial charge < -0.3 is 20.7 Å². The van der Waals surface area contributed by atoms with E-state index in [4.69, 9.17) is 4.74 Å². The number of hydrogen-bond donors (Lipinski definition) is 3. The Morgan fingerprint density at radius 2 is 1.58 bits per heavy atom. The average molecular weight is 427 g/mol. The standard InChI is InChI=1S/C23H30N4O4/c1-4-14-24-21(28)15-27(3)16-22(29)26-20-9-7-6-8-19(20)23(30)25-17-10-12-18(13-11-17)31-5-2/h6-13H,4-5,14-16H2,1-3H3,(H,24,28)(H,25,30)(H,26,29). The van der Waals surface area contributed by atoms with E-state index in [0.717, 1.165) is 12.2 Å². The number of carbonyl (C=O) groups is 3. The molecule has 2 rings (SSSR count). The molecule has 3 amide bonds. The monoisotopic (exact) mass is 426 g/mol. The molecule has 0 bridgehead atoms. The topological polar surface area (TPSA) is 99.8 Å². The van der Waals surface area contributed by atoms with Crippen LogP contribution in [0, 0.1) is 0 Å². The van der Waals surface area contributed by atoms with Gasteiger partial charge in [-0.1, -0.05) is 19.1 Å². The van der Waals surface area contributed by atoms with E-state index in [1.807, 2.05) is 13.8 Å². The Morgan fingerprint density at radius 1 is 0.903 bits per heavy atom. The Hall–Kier alpha value is -3.39. The number of likely N-dealkylation sites (N-methyl/N-ethyl adjacent to an activating group) is 1. The maximum absolute atomic E-state index is 12.7. The summed E-state index contributed by atoms with van der Waals surface area (Å²) in [4.78, 5) is 38.6. The Kier molecular flexibility index (Phi) is 9.51. The fourth-order valence-electron chi connectivity index (χ4n) is 2.85. The fraction of sp³-hybridized carbons (Fsp3) is 0.348. The lowest BCUT2D eigenvalue weighted by atomic mass is 10.1. The summed E-state index contributed by atoms with van der Waals surface area (Å²) >= 11 is 0. The normalized spacial score (nSPS) is 10.5. The molecule has 0 unspecified atom stereocenters. The lowest BCUT2D eigenvalue weighted by Gasteiger charge is -2.17. The molecule has 0 aromatic heterocycles. The van der Waals surface area contributed by atoms with Gasteiger partial charge in [0.05, 0.1) is 30.9 Å². The van der Waals surface area contributed by atoms with Crippen molar-refractivity contribution in [2.45, 2.75) is 20.3 Å². The fourth-order valence-corrected chi connectivity index (χ4v) is 2.85. The van der Waals surface area contributed by atoms with E-state index in [2.05, 4.69) is 16.0 Å². The maximum Gasteiger partial charge on any atom is 0.257 e. The first kappa shape index (κ1) is 23.9. The molecule has 166 valence electrons. The number of anilines is 2. The molecule has 2 aromatic carbocycles. The van der Waals surface area contributed by atoms with Gasteiger partial charge in [0.25, 0.3) is 5.91 Å². The van der Waals surface area contributed by atoms with Crippen molar-refractivity contribution in [2.24, 2.45) is 0 Å². The van der Waals surface area contributed by atoms with Gasteiger partial charge >= 0.3 is 0 Å². The molecule has 0 radical (unpaired) electrons. The van der Waals surface area contributed by atoms with Crippen LogP contribution in [0.4, 0.5) is 11.4 Å². The maximum atomic E-state index is 12.7. The second kappa shape index (κ2) is 12.3. The molecule has 8 nitrogen and oxygen atoms in total. The predicted octanol–water partition coefficient (Wildman–Crippen LogP) is 2.73. The molecule has 0 aliphatic heterocycles. The SMILES string of the molecule is CCCNC(=O)CN(C)CC(=O)Nc1ccccc1C(=O)Nc1ccc(OCC)cc1. The lowest BCUT2D eigenvalue weighted by Crippen LogP contribution is -2.39. The van der Waals surface area contributed by atoms with Gasteiger partial charge in [0.1, 0.15) is 5.75 Å². The summed E-state index contributed by atoms with van der Waals surface area (Å²) in [5, 5.41) is 8.35. The van der Waals surface area contributed by atoms with Gasteiger partial charge in [-0.05, 0) is 56.8 Å². The summed E-state index contributed by atoms with van der Waals surface area (Å²) in [7, 11) is 1.69. The number of carbonyl (C=O) groups excluding carboxylic acids is 3. The summed E-state index contributed by atoms with van der Waals surface area (Å²) in [6.45, 7) is 5.19. The smallest absolute Gasteiger partial charge is 0.257 e. The number of amides is 3. The number of nitrogens with one attached hydrogen (secondary N) is 3. The summed E-state index contributed by atoms with van der Waals surface area (Å²) < 4.78 is 5.40. The van der Waals surface area contributed by atoms with Crippen LogP contribution in [0.1, 0.15) is 30.6 Å². The summed E-state index contributed by atoms with van der Waals surface area (Å²) in [5.41, 5.74) is 1.36. The molecule has 0 atom stereocenters. The van der Waals surface area contributed by atoms with Crippen LogP contribution in [0.25, 0.3) is 0 Å². The zero-order valence-corrected chi connectivity index (χ0v) is 18.2. The number of ether oxygens (including phenoxy) is 1. The van der Waals surface area contributed by atoms with Crippen molar-refractivity contribution in [1.82, 2.24) is 10.2 Å². The molecular weight excluding hydrogens is 396 g/mol. The van der Waals surface area contributed by atoms with Crippen molar-refractivity contribution in [1.29, 1.82) is 0 Å². The van der Waals surface area contributed by atoms with Crippen LogP contribution < -0.4 is 20.7 Å². The van der Waals surface area contributed by atoms with Crippen molar-refractivity contribution < 1.29 is 19.1 Å². The minimum atomic E-state index is -0.340. The molecule has 0 spiro atoms. The van der Waals surface area contributed by atoms with Gasteiger partial charge in [0.15, 0.2) is 0 Å². The number of hydrogen-bond acceptors (Lipinski definition) is 5. The average Bonchev–Trinajstić information content (AvgIpc) is 2.74. The molecule has 0 aliphatic rings. The first-order valence-electron chi connectivity index (χ1n) is 10.3. The van der Waals surface area contributed by atoms with E-state index in [0.29, 0.717) is 30.1 Å². The second-order valence-electron chi connectivity index (χ2n) is 7.03. The van der Waals surface area contributed by atoms with Crippen LogP contribution in [0.3, 0.4) is 0 Å². The molecule has 0 saturated heterocycles. The van der Waals surface area contributed by atoms with E-state index in [1.54, 1.807) is 60.5 Å². The highest BCUT2D eigenvalue weighted by atomic mass is 16.5. The van der Waals surface area contributed by atoms with E-state index < -0.39 is 0 Å². The van der Waals surface area contributed by atoms with Gasteiger partial charge in [0, 0.05) is 12.2 Å². The molecule has 0 fully saturated rings. The quantitative estimate of drug-likeness (QED) is 0.513. The Labute approximate surface area is 183 Å². The van der Waals surface area contributed by atoms with Crippen LogP contribution in [0.2, 0.25) is 0 Å². The van der Waals surface area contributed by atoms with Crippen molar-refractivity contribution in [3.05, 3.63) is 54.1 Å². The predicted molar refractivity (Wildman–Crippen MR) is 121 cm³/mol. The Bertz CT molecular complexity index is 883. The number of nitrogens with zero attached hydrogens (tertiary/aromatic N) is 1. The highest BCUT2D eigenvalue weighted by molar-refractivity contribution is 6.10. The summed E-state index contributed by atoms with van der Waals surface area (Å²) in [6, 6.07) is 13.8. The first-order valence-corrected chi connectivity index (χ1v) is 10.3. The Morgan fingerprint density at radius 3 is 2.26 bits per heavy atom. The zero-order valence-electron chi connectivity index (χ0n) is 18.2. The van der Waals surface area contributed by atoms with Crippen molar-refractivity contribution in [3.8, 4) is 5.75 Å². The molecule has 0 saturated carbocycles. The number of rotatable bonds is 11. The van der Waals surface area contributed by atoms with E-state index in [1.165, 1.54) is 0 Å². The van der Waals surface area contributed by atoms with Crippen LogP contribution in [-0.4, -0.2) is 55.9 Å². The van der Waals surface area contributed by atoms with E-state index in [9.17, 15) is 14.4 Å². The minimum Gasteiger partial charge on any atom is -0.494 e. The van der Waals surface area contributed by atoms with E-state index in [-0.39, 0.29) is 30.8 Å². The van der Waals surface area contributed by atoms with Crippen molar-refractivity contribution >= 4 is 29.1 Å². The third-order valence-corrected chi connectivity index (χ3v) is 4.27. The van der Waals surface area contributed by atoms with Crippen LogP contribution in [-0.2, 0) is 9.59 Å². The zero-order chi connectivity index (χ0) is 22.6. The third kappa shape index (κ3) is 8.10. The highest BCUT2D eigenvalue weighted by Crippen LogP contribution is 2.19. The molecular formula is C23H30N4O4. The summed E-state index contributed by atoms with van der Waals surface area (Å²) in [5.74, 6) is -0.0626. The van der Waals surface area contributed by atoms with Gasteiger partial charge in [-0.2, -0.15) is 0 Å². The molecule has 0 aliphatic carbocycles.